The zero-order valence-electron chi connectivity index (χ0n) is 16.1. The van der Waals surface area contributed by atoms with Crippen LogP contribution in [0.1, 0.15) is 17.3 Å². The van der Waals surface area contributed by atoms with Crippen LogP contribution < -0.4 is 0 Å². The van der Waals surface area contributed by atoms with E-state index in [0.29, 0.717) is 5.56 Å². The number of carbonyl (C=O) groups excluding carboxylic acids is 1. The number of benzene rings is 2. The zero-order valence-corrected chi connectivity index (χ0v) is 16.9. The maximum absolute atomic E-state index is 13.3. The molecule has 1 aliphatic rings. The van der Waals surface area contributed by atoms with E-state index in [1.54, 1.807) is 54.6 Å². The average molecular weight is 418 g/mol. The lowest BCUT2D eigenvalue weighted by Crippen LogP contribution is -2.40. The molecule has 1 atom stereocenters. The van der Waals surface area contributed by atoms with Crippen molar-refractivity contribution in [3.8, 4) is 0 Å². The molecule has 1 amide bonds. The summed E-state index contributed by atoms with van der Waals surface area (Å²) in [6, 6.07) is 15.4. The molecule has 1 fully saturated rings. The largest absolute Gasteiger partial charge is 0.597 e. The Morgan fingerprint density at radius 3 is 2.45 bits per heavy atom. The van der Waals surface area contributed by atoms with E-state index in [2.05, 4.69) is 10.1 Å². The van der Waals surface area contributed by atoms with Gasteiger partial charge >= 0.3 is 0 Å². The van der Waals surface area contributed by atoms with Crippen molar-refractivity contribution < 1.29 is 22.9 Å². The molecule has 1 aliphatic heterocycles. The lowest BCUT2D eigenvalue weighted by atomic mass is 10.1. The molecule has 2 aromatic rings. The summed E-state index contributed by atoms with van der Waals surface area (Å²) in [5.74, 6) is -0.545. The van der Waals surface area contributed by atoms with Gasteiger partial charge in [-0.3, -0.25) is 4.79 Å². The van der Waals surface area contributed by atoms with Crippen LogP contribution in [0.5, 0.6) is 0 Å². The van der Waals surface area contributed by atoms with Crippen LogP contribution in [-0.2, 0) is 19.7 Å². The third-order valence-electron chi connectivity index (χ3n) is 4.62. The first-order valence-corrected chi connectivity index (χ1v) is 10.4. The molecule has 2 aromatic carbocycles. The Labute approximate surface area is 169 Å². The second kappa shape index (κ2) is 8.58. The summed E-state index contributed by atoms with van der Waals surface area (Å²) in [5.41, 5.74) is 1.58. The predicted octanol–water partition coefficient (Wildman–Crippen LogP) is 2.05. The molecule has 1 saturated heterocycles. The minimum atomic E-state index is -3.86. The third-order valence-corrected chi connectivity index (χ3v) is 6.49. The van der Waals surface area contributed by atoms with Gasteiger partial charge in [-0.15, -0.1) is 0 Å². The van der Waals surface area contributed by atoms with Crippen molar-refractivity contribution in [3.63, 3.8) is 0 Å². The molecule has 0 spiro atoms. The lowest BCUT2D eigenvalue weighted by Gasteiger charge is -2.29. The Balaban J connectivity index is 1.98. The Morgan fingerprint density at radius 1 is 1.17 bits per heavy atom. The highest BCUT2D eigenvalue weighted by Crippen LogP contribution is 2.35. The van der Waals surface area contributed by atoms with Crippen LogP contribution in [0, 0.1) is 12.1 Å². The Kier molecular flexibility index (Phi) is 6.14. The van der Waals surface area contributed by atoms with Gasteiger partial charge in [0.2, 0.25) is 10.0 Å². The molecule has 10 heteroatoms. The second-order valence-electron chi connectivity index (χ2n) is 6.57. The Bertz CT molecular complexity index is 993. The molecule has 0 saturated carbocycles. The Morgan fingerprint density at radius 2 is 1.83 bits per heavy atom. The maximum atomic E-state index is 13.3. The van der Waals surface area contributed by atoms with Gasteiger partial charge in [0.1, 0.15) is 13.3 Å². The van der Waals surface area contributed by atoms with Gasteiger partial charge in [0.05, 0.1) is 4.90 Å². The normalized spacial score (nSPS) is 18.1. The number of hydrogen-bond donors (Lipinski definition) is 0. The van der Waals surface area contributed by atoms with Crippen molar-refractivity contribution >= 4 is 15.9 Å². The number of carbonyl (C=O) groups is 1. The fraction of sp³-hybridized carbons (Fsp3) is 0.316. The molecule has 29 heavy (non-hydrogen) atoms. The van der Waals surface area contributed by atoms with E-state index >= 15 is 0 Å². The predicted molar refractivity (Wildman–Crippen MR) is 104 cm³/mol. The first-order valence-electron chi connectivity index (χ1n) is 8.96. The second-order valence-corrected chi connectivity index (χ2v) is 8.47. The number of sulfonamides is 1. The average Bonchev–Trinajstić information content (AvgIpc) is 3.15. The van der Waals surface area contributed by atoms with Crippen molar-refractivity contribution in [3.05, 3.63) is 70.9 Å². The Hall–Kier alpha value is -2.98. The number of hydrogen-bond acceptors (Lipinski definition) is 6. The maximum Gasteiger partial charge on any atom is 0.293 e. The molecular weight excluding hydrogens is 396 g/mol. The molecule has 0 N–H and O–H groups in total. The summed E-state index contributed by atoms with van der Waals surface area (Å²) < 4.78 is 27.9. The smallest absolute Gasteiger partial charge is 0.293 e. The number of aryl methyl sites for hydroxylation is 1. The molecule has 3 rings (SSSR count). The van der Waals surface area contributed by atoms with Crippen LogP contribution in [0.15, 0.2) is 64.8 Å². The number of nitrogens with zero attached hydrogens (tertiary/aromatic N) is 4. The van der Waals surface area contributed by atoms with Gasteiger partial charge in [-0.2, -0.15) is 4.31 Å². The highest BCUT2D eigenvalue weighted by Gasteiger charge is 2.43. The minimum absolute atomic E-state index is 0.113. The van der Waals surface area contributed by atoms with E-state index in [-0.39, 0.29) is 22.8 Å². The fourth-order valence-electron chi connectivity index (χ4n) is 3.26. The molecule has 9 nitrogen and oxygen atoms in total. The van der Waals surface area contributed by atoms with Crippen LogP contribution in [0.2, 0.25) is 0 Å². The van der Waals surface area contributed by atoms with Gasteiger partial charge in [-0.25, -0.2) is 8.42 Å². The van der Waals surface area contributed by atoms with E-state index < -0.39 is 28.6 Å². The van der Waals surface area contributed by atoms with Crippen LogP contribution >= 0.6 is 0 Å². The van der Waals surface area contributed by atoms with Gasteiger partial charge in [0, 0.05) is 13.1 Å². The lowest BCUT2D eigenvalue weighted by molar-refractivity contribution is -0.547. The van der Waals surface area contributed by atoms with E-state index in [0.717, 1.165) is 5.56 Å². The SMILES string of the molecule is CO/N=[N+](\[O-])CC(=O)N1CCN(S(=O)(=O)c2ccc(C)cc2)C1c1ccccc1. The van der Waals surface area contributed by atoms with Crippen molar-refractivity contribution in [1.29, 1.82) is 0 Å². The quantitative estimate of drug-likeness (QED) is 0.406. The molecular formula is C19H22N4O5S. The van der Waals surface area contributed by atoms with Crippen molar-refractivity contribution in [2.75, 3.05) is 26.7 Å². The van der Waals surface area contributed by atoms with Gasteiger partial charge < -0.3 is 14.9 Å². The molecule has 0 bridgehead atoms. The van der Waals surface area contributed by atoms with Crippen LogP contribution in [0.4, 0.5) is 0 Å². The van der Waals surface area contributed by atoms with Crippen molar-refractivity contribution in [2.24, 2.45) is 5.28 Å². The molecule has 0 aliphatic carbocycles. The first kappa shape index (κ1) is 20.7. The van der Waals surface area contributed by atoms with Crippen LogP contribution in [0.25, 0.3) is 0 Å². The molecule has 0 aromatic heterocycles. The van der Waals surface area contributed by atoms with Crippen LogP contribution in [-0.4, -0.2) is 55.1 Å². The molecule has 1 unspecified atom stereocenters. The van der Waals surface area contributed by atoms with E-state index in [1.165, 1.54) is 16.3 Å². The van der Waals surface area contributed by atoms with Crippen LogP contribution in [0.3, 0.4) is 0 Å². The minimum Gasteiger partial charge on any atom is -0.597 e. The summed E-state index contributed by atoms with van der Waals surface area (Å²) in [6.07, 6.45) is -0.856. The fourth-order valence-corrected chi connectivity index (χ4v) is 4.83. The topological polar surface area (TPSA) is 105 Å². The summed E-state index contributed by atoms with van der Waals surface area (Å²) in [5, 5.41) is 14.8. The summed E-state index contributed by atoms with van der Waals surface area (Å²) >= 11 is 0. The van der Waals surface area contributed by atoms with E-state index in [9.17, 15) is 18.4 Å². The summed E-state index contributed by atoms with van der Waals surface area (Å²) in [4.78, 5) is 18.7. The highest BCUT2D eigenvalue weighted by molar-refractivity contribution is 7.89. The van der Waals surface area contributed by atoms with Gasteiger partial charge in [0.25, 0.3) is 12.5 Å². The number of amides is 1. The van der Waals surface area contributed by atoms with Gasteiger partial charge in [-0.05, 0) is 29.5 Å². The highest BCUT2D eigenvalue weighted by atomic mass is 32.2. The van der Waals surface area contributed by atoms with E-state index in [1.807, 2.05) is 6.92 Å². The third kappa shape index (κ3) is 4.38. The molecule has 154 valence electrons. The number of rotatable bonds is 6. The first-order chi connectivity index (χ1) is 13.8. The van der Waals surface area contributed by atoms with Gasteiger partial charge in [-0.1, -0.05) is 48.0 Å². The zero-order chi connectivity index (χ0) is 21.0. The van der Waals surface area contributed by atoms with E-state index in [4.69, 9.17) is 0 Å². The number of hydroxylamine groups is 1. The van der Waals surface area contributed by atoms with Gasteiger partial charge in [0.15, 0.2) is 5.28 Å². The molecule has 0 radical (unpaired) electrons. The summed E-state index contributed by atoms with van der Waals surface area (Å²) in [7, 11) is -2.66. The summed E-state index contributed by atoms with van der Waals surface area (Å²) in [6.45, 7) is 1.57. The van der Waals surface area contributed by atoms with Crippen molar-refractivity contribution in [2.45, 2.75) is 18.0 Å². The van der Waals surface area contributed by atoms with Crippen molar-refractivity contribution in [1.82, 2.24) is 9.21 Å². The standard InChI is InChI=1S/C19H22N4O5S/c1-15-8-10-17(11-9-15)29(26,27)22-13-12-21(18(24)14-23(25)20-28-2)19(22)16-6-4-3-5-7-16/h3-11,19H,12-14H2,1-2H3/b23-20-. The molecule has 1 heterocycles. The monoisotopic (exact) mass is 418 g/mol.